The Labute approximate surface area is 173 Å². The van der Waals surface area contributed by atoms with E-state index in [0.717, 1.165) is 0 Å². The second-order valence-corrected chi connectivity index (χ2v) is 9.28. The van der Waals surface area contributed by atoms with Crippen LogP contribution in [-0.2, 0) is 30.7 Å². The number of hydrogen-bond donors (Lipinski definition) is 0. The lowest BCUT2D eigenvalue weighted by atomic mass is 10.2. The number of anilines is 1. The second-order valence-electron chi connectivity index (χ2n) is 7.05. The summed E-state index contributed by atoms with van der Waals surface area (Å²) in [5.74, 6) is -1.17. The van der Waals surface area contributed by atoms with Crippen molar-refractivity contribution in [2.45, 2.75) is 19.0 Å². The van der Waals surface area contributed by atoms with E-state index in [1.54, 1.807) is 42.5 Å². The zero-order valence-corrected chi connectivity index (χ0v) is 16.9. The third-order valence-corrected chi connectivity index (χ3v) is 6.68. The predicted molar refractivity (Wildman–Crippen MR) is 109 cm³/mol. The number of amides is 1. The molecule has 1 fully saturated rings. The minimum Gasteiger partial charge on any atom is -0.454 e. The standard InChI is InChI=1S/C20H20N4O5S/c25-19(13-29-20(26)12-23-18-9-5-4-8-17(18)21-22-23)24(15-6-2-1-3-7-15)16-10-11-30(27,28)14-16/h1-9,16H,10-14H2. The van der Waals surface area contributed by atoms with Gasteiger partial charge in [0.1, 0.15) is 12.1 Å². The summed E-state index contributed by atoms with van der Waals surface area (Å²) in [5.41, 5.74) is 1.91. The van der Waals surface area contributed by atoms with E-state index in [-0.39, 0.29) is 18.1 Å². The Kier molecular flexibility index (Phi) is 5.49. The van der Waals surface area contributed by atoms with Crippen molar-refractivity contribution in [1.82, 2.24) is 15.0 Å². The molecule has 1 atom stereocenters. The number of para-hydroxylation sites is 2. The number of nitrogens with zero attached hydrogens (tertiary/aromatic N) is 4. The van der Waals surface area contributed by atoms with Crippen molar-refractivity contribution in [3.05, 3.63) is 54.6 Å². The number of benzene rings is 2. The van der Waals surface area contributed by atoms with Gasteiger partial charge >= 0.3 is 5.97 Å². The maximum atomic E-state index is 12.9. The van der Waals surface area contributed by atoms with Gasteiger partial charge < -0.3 is 9.64 Å². The van der Waals surface area contributed by atoms with Crippen LogP contribution in [0.2, 0.25) is 0 Å². The van der Waals surface area contributed by atoms with E-state index >= 15 is 0 Å². The van der Waals surface area contributed by atoms with Gasteiger partial charge in [-0.05, 0) is 30.7 Å². The van der Waals surface area contributed by atoms with Crippen LogP contribution in [-0.4, -0.2) is 59.4 Å². The van der Waals surface area contributed by atoms with Crippen LogP contribution in [0.1, 0.15) is 6.42 Å². The Morgan fingerprint density at radius 2 is 1.83 bits per heavy atom. The molecule has 1 aromatic heterocycles. The van der Waals surface area contributed by atoms with Crippen LogP contribution in [0.4, 0.5) is 5.69 Å². The molecular formula is C20H20N4O5S. The molecule has 1 saturated heterocycles. The van der Waals surface area contributed by atoms with Gasteiger partial charge in [0.2, 0.25) is 0 Å². The summed E-state index contributed by atoms with van der Waals surface area (Å²) in [6.45, 7) is -0.673. The highest BCUT2D eigenvalue weighted by molar-refractivity contribution is 7.91. The highest BCUT2D eigenvalue weighted by Gasteiger charge is 2.35. The van der Waals surface area contributed by atoms with Crippen molar-refractivity contribution in [3.63, 3.8) is 0 Å². The number of sulfone groups is 1. The van der Waals surface area contributed by atoms with Crippen molar-refractivity contribution >= 4 is 38.4 Å². The Morgan fingerprint density at radius 1 is 1.10 bits per heavy atom. The minimum absolute atomic E-state index is 0.0352. The number of ether oxygens (including phenoxy) is 1. The van der Waals surface area contributed by atoms with Crippen LogP contribution >= 0.6 is 0 Å². The van der Waals surface area contributed by atoms with Gasteiger partial charge in [-0.15, -0.1) is 5.10 Å². The lowest BCUT2D eigenvalue weighted by Crippen LogP contribution is -2.43. The van der Waals surface area contributed by atoms with Gasteiger partial charge in [-0.1, -0.05) is 35.5 Å². The van der Waals surface area contributed by atoms with E-state index < -0.39 is 34.4 Å². The van der Waals surface area contributed by atoms with Gasteiger partial charge in [0.05, 0.1) is 23.1 Å². The van der Waals surface area contributed by atoms with Crippen LogP contribution in [0.15, 0.2) is 54.6 Å². The monoisotopic (exact) mass is 428 g/mol. The number of fused-ring (bicyclic) bond motifs is 1. The van der Waals surface area contributed by atoms with Gasteiger partial charge in [0.15, 0.2) is 16.4 Å². The first-order valence-electron chi connectivity index (χ1n) is 9.44. The molecule has 2 heterocycles. The van der Waals surface area contributed by atoms with Crippen LogP contribution in [0.25, 0.3) is 11.0 Å². The molecule has 0 radical (unpaired) electrons. The zero-order chi connectivity index (χ0) is 21.1. The molecule has 9 nitrogen and oxygen atoms in total. The first-order valence-corrected chi connectivity index (χ1v) is 11.3. The van der Waals surface area contributed by atoms with Crippen LogP contribution in [0, 0.1) is 0 Å². The Balaban J connectivity index is 1.44. The molecule has 0 saturated carbocycles. The molecule has 1 aliphatic rings. The molecular weight excluding hydrogens is 408 g/mol. The lowest BCUT2D eigenvalue weighted by molar-refractivity contribution is -0.148. The molecule has 10 heteroatoms. The first-order chi connectivity index (χ1) is 14.4. The summed E-state index contributed by atoms with van der Waals surface area (Å²) in [7, 11) is -3.19. The second kappa shape index (κ2) is 8.23. The number of hydrogen-bond acceptors (Lipinski definition) is 7. The number of carbonyl (C=O) groups excluding carboxylic acids is 2. The van der Waals surface area contributed by atoms with Crippen LogP contribution in [0.3, 0.4) is 0 Å². The van der Waals surface area contributed by atoms with Crippen molar-refractivity contribution in [1.29, 1.82) is 0 Å². The third-order valence-electron chi connectivity index (χ3n) is 4.93. The van der Waals surface area contributed by atoms with E-state index in [0.29, 0.717) is 23.1 Å². The molecule has 4 rings (SSSR count). The van der Waals surface area contributed by atoms with E-state index in [9.17, 15) is 18.0 Å². The van der Waals surface area contributed by atoms with Gasteiger partial charge in [0, 0.05) is 5.69 Å². The van der Waals surface area contributed by atoms with E-state index in [4.69, 9.17) is 4.74 Å². The quantitative estimate of drug-likeness (QED) is 0.542. The third kappa shape index (κ3) is 4.33. The summed E-state index contributed by atoms with van der Waals surface area (Å²) in [6, 6.07) is 15.5. The number of carbonyl (C=O) groups is 2. The molecule has 0 bridgehead atoms. The smallest absolute Gasteiger partial charge is 0.328 e. The molecule has 30 heavy (non-hydrogen) atoms. The fourth-order valence-corrected chi connectivity index (χ4v) is 5.24. The van der Waals surface area contributed by atoms with Crippen molar-refractivity contribution in [2.75, 3.05) is 23.0 Å². The topological polar surface area (TPSA) is 111 Å². The summed E-state index contributed by atoms with van der Waals surface area (Å²) in [5, 5.41) is 7.90. The maximum Gasteiger partial charge on any atom is 0.328 e. The zero-order valence-electron chi connectivity index (χ0n) is 16.0. The average Bonchev–Trinajstić information content (AvgIpc) is 3.30. The van der Waals surface area contributed by atoms with Crippen LogP contribution in [0.5, 0.6) is 0 Å². The van der Waals surface area contributed by atoms with Gasteiger partial charge in [-0.2, -0.15) is 0 Å². The lowest BCUT2D eigenvalue weighted by Gasteiger charge is -2.28. The Hall–Kier alpha value is -3.27. The summed E-state index contributed by atoms with van der Waals surface area (Å²) in [6.07, 6.45) is 0.349. The Bertz CT molecular complexity index is 1180. The number of esters is 1. The molecule has 2 aromatic carbocycles. The summed E-state index contributed by atoms with van der Waals surface area (Å²) < 4.78 is 30.4. The minimum atomic E-state index is -3.19. The molecule has 1 unspecified atom stereocenters. The fourth-order valence-electron chi connectivity index (χ4n) is 3.54. The van der Waals surface area contributed by atoms with E-state index in [1.165, 1.54) is 9.58 Å². The average molecular weight is 428 g/mol. The van der Waals surface area contributed by atoms with E-state index in [1.807, 2.05) is 12.1 Å². The van der Waals surface area contributed by atoms with Gasteiger partial charge in [-0.25, -0.2) is 13.1 Å². The highest BCUT2D eigenvalue weighted by atomic mass is 32.2. The predicted octanol–water partition coefficient (Wildman–Crippen LogP) is 1.19. The number of aromatic nitrogens is 3. The molecule has 0 aliphatic carbocycles. The Morgan fingerprint density at radius 3 is 2.57 bits per heavy atom. The SMILES string of the molecule is O=C(Cn1nnc2ccccc21)OCC(=O)N(c1ccccc1)C1CCS(=O)(=O)C1. The molecule has 1 aliphatic heterocycles. The summed E-state index contributed by atoms with van der Waals surface area (Å²) >= 11 is 0. The maximum absolute atomic E-state index is 12.9. The normalized spacial score (nSPS) is 17.7. The van der Waals surface area contributed by atoms with Crippen molar-refractivity contribution in [2.24, 2.45) is 0 Å². The van der Waals surface area contributed by atoms with E-state index in [2.05, 4.69) is 10.3 Å². The molecule has 156 valence electrons. The highest BCUT2D eigenvalue weighted by Crippen LogP contribution is 2.24. The first kappa shape index (κ1) is 20.0. The molecule has 1 amide bonds. The van der Waals surface area contributed by atoms with Crippen LogP contribution < -0.4 is 4.90 Å². The molecule has 0 spiro atoms. The summed E-state index contributed by atoms with van der Waals surface area (Å²) in [4.78, 5) is 26.6. The van der Waals surface area contributed by atoms with Crippen molar-refractivity contribution < 1.29 is 22.7 Å². The van der Waals surface area contributed by atoms with Gasteiger partial charge in [0.25, 0.3) is 5.91 Å². The molecule has 3 aromatic rings. The number of rotatable bonds is 6. The largest absolute Gasteiger partial charge is 0.454 e. The fraction of sp³-hybridized carbons (Fsp3) is 0.300. The van der Waals surface area contributed by atoms with Gasteiger partial charge in [-0.3, -0.25) is 9.59 Å². The molecule has 0 N–H and O–H groups in total. The van der Waals surface area contributed by atoms with Crippen molar-refractivity contribution in [3.8, 4) is 0 Å².